The summed E-state index contributed by atoms with van der Waals surface area (Å²) in [5.74, 6) is 1.12. The van der Waals surface area contributed by atoms with Crippen LogP contribution in [0.15, 0.2) is 64.2 Å². The molecular weight excluding hydrogens is 544 g/mol. The number of fused-ring (bicyclic) bond motifs is 2. The van der Waals surface area contributed by atoms with Crippen LogP contribution in [0, 0.1) is 5.92 Å². The van der Waals surface area contributed by atoms with E-state index in [1.54, 1.807) is 31.5 Å². The molecule has 1 fully saturated rings. The van der Waals surface area contributed by atoms with Gasteiger partial charge in [0.1, 0.15) is 18.2 Å². The van der Waals surface area contributed by atoms with E-state index in [1.807, 2.05) is 30.3 Å². The number of anilines is 1. The molecule has 2 aliphatic rings. The molecule has 2 aliphatic heterocycles. The zero-order valence-electron chi connectivity index (χ0n) is 25.8. The molecule has 0 spiro atoms. The average molecular weight is 587 g/mol. The summed E-state index contributed by atoms with van der Waals surface area (Å²) in [5, 5.41) is 9.85. The van der Waals surface area contributed by atoms with Gasteiger partial charge in [-0.15, -0.1) is 0 Å². The van der Waals surface area contributed by atoms with Crippen LogP contribution in [0.1, 0.15) is 55.4 Å². The van der Waals surface area contributed by atoms with Crippen molar-refractivity contribution in [2.75, 3.05) is 38.1 Å². The molecule has 3 aromatic rings. The van der Waals surface area contributed by atoms with Gasteiger partial charge >= 0.3 is 11.7 Å². The molecule has 1 N–H and O–H groups in total. The van der Waals surface area contributed by atoms with E-state index in [0.29, 0.717) is 18.3 Å². The van der Waals surface area contributed by atoms with E-state index >= 15 is 0 Å². The summed E-state index contributed by atoms with van der Waals surface area (Å²) < 4.78 is 8.88. The molecule has 43 heavy (non-hydrogen) atoms. The highest BCUT2D eigenvalue weighted by Gasteiger charge is 2.31. The van der Waals surface area contributed by atoms with Crippen LogP contribution in [0.2, 0.25) is 0 Å². The molecule has 2 aromatic carbocycles. The Bertz CT molecular complexity index is 1660. The van der Waals surface area contributed by atoms with Crippen LogP contribution in [-0.2, 0) is 30.9 Å². The van der Waals surface area contributed by atoms with Crippen LogP contribution in [0.3, 0.4) is 0 Å². The first-order valence-electron chi connectivity index (χ1n) is 15.0. The van der Waals surface area contributed by atoms with Gasteiger partial charge in [0.2, 0.25) is 0 Å². The lowest BCUT2D eigenvalue weighted by atomic mass is 9.82. The van der Waals surface area contributed by atoms with Gasteiger partial charge in [-0.05, 0) is 80.5 Å². The molecule has 3 heterocycles. The number of hydrogen-bond donors (Lipinski definition) is 1. The maximum Gasteiger partial charge on any atom is 0.332 e. The van der Waals surface area contributed by atoms with Crippen molar-refractivity contribution in [1.29, 1.82) is 0 Å². The van der Waals surface area contributed by atoms with Crippen molar-refractivity contribution in [3.63, 3.8) is 0 Å². The summed E-state index contributed by atoms with van der Waals surface area (Å²) in [7, 11) is 5.38. The Morgan fingerprint density at radius 2 is 1.77 bits per heavy atom. The summed E-state index contributed by atoms with van der Waals surface area (Å²) in [6, 6.07) is 15.5. The minimum atomic E-state index is -1.02. The van der Waals surface area contributed by atoms with Gasteiger partial charge in [-0.25, -0.2) is 4.79 Å². The average Bonchev–Trinajstić information content (AvgIpc) is 3.15. The van der Waals surface area contributed by atoms with Gasteiger partial charge in [-0.2, -0.15) is 0 Å². The van der Waals surface area contributed by atoms with Gasteiger partial charge in [-0.3, -0.25) is 18.7 Å². The summed E-state index contributed by atoms with van der Waals surface area (Å²) in [5.41, 5.74) is 3.37. The number of aliphatic carboxylic acids is 1. The van der Waals surface area contributed by atoms with Crippen LogP contribution in [0.5, 0.6) is 5.75 Å². The van der Waals surface area contributed by atoms with Gasteiger partial charge in [0.25, 0.3) is 5.56 Å². The topological polar surface area (TPSA) is 97.0 Å². The van der Waals surface area contributed by atoms with Crippen LogP contribution in [0.25, 0.3) is 5.57 Å². The van der Waals surface area contributed by atoms with E-state index < -0.39 is 11.4 Å². The molecule has 1 aromatic heterocycles. The van der Waals surface area contributed by atoms with Crippen molar-refractivity contribution in [2.45, 2.75) is 45.1 Å². The molecular formula is C34H42N4O5. The number of rotatable bonds is 8. The number of carboxylic acid groups (broad SMARTS) is 1. The molecule has 0 unspecified atom stereocenters. The maximum absolute atomic E-state index is 12.4. The molecule has 0 bridgehead atoms. The molecule has 0 amide bonds. The third kappa shape index (κ3) is 6.18. The fourth-order valence-corrected chi connectivity index (χ4v) is 6.14. The molecule has 0 radical (unpaired) electrons. The van der Waals surface area contributed by atoms with Gasteiger partial charge in [-0.1, -0.05) is 36.4 Å². The maximum atomic E-state index is 12.4. The zero-order chi connectivity index (χ0) is 30.9. The fourth-order valence-electron chi connectivity index (χ4n) is 6.14. The second-order valence-electron chi connectivity index (χ2n) is 12.4. The number of hydrogen-bond acceptors (Lipinski definition) is 6. The standard InChI is InChI=1S/C34H42N4O5/c1-34(2,32(40)41)25-12-13-29-28(19-25)27(26-10-7-6-9-24(26)22-43-29)11-8-16-35(3)21-23-14-17-38(18-15-23)30-20-31(39)37(5)33(42)36(30)4/h6-7,9-13,19-20,23H,8,14-18,21-22H2,1-5H3,(H,40,41). The molecule has 9 nitrogen and oxygen atoms in total. The highest BCUT2D eigenvalue weighted by molar-refractivity contribution is 5.87. The number of aromatic nitrogens is 2. The van der Waals surface area contributed by atoms with Crippen molar-refractivity contribution in [1.82, 2.24) is 14.0 Å². The molecule has 9 heteroatoms. The minimum Gasteiger partial charge on any atom is -0.488 e. The van der Waals surface area contributed by atoms with Crippen molar-refractivity contribution in [2.24, 2.45) is 20.0 Å². The summed E-state index contributed by atoms with van der Waals surface area (Å²) in [4.78, 5) is 41.1. The van der Waals surface area contributed by atoms with Crippen molar-refractivity contribution in [3.05, 3.63) is 97.7 Å². The fraction of sp³-hybridized carbons (Fsp3) is 0.441. The Balaban J connectivity index is 1.28. The Morgan fingerprint density at radius 3 is 2.49 bits per heavy atom. The first-order chi connectivity index (χ1) is 20.5. The Labute approximate surface area is 252 Å². The smallest absolute Gasteiger partial charge is 0.332 e. The number of piperidine rings is 1. The lowest BCUT2D eigenvalue weighted by Gasteiger charge is -2.35. The van der Waals surface area contributed by atoms with Crippen LogP contribution in [0.4, 0.5) is 5.82 Å². The number of carbonyl (C=O) groups is 1. The van der Waals surface area contributed by atoms with Crippen LogP contribution < -0.4 is 20.9 Å². The molecule has 1 saturated heterocycles. The van der Waals surface area contributed by atoms with Crippen LogP contribution >= 0.6 is 0 Å². The van der Waals surface area contributed by atoms with E-state index in [-0.39, 0.29) is 11.2 Å². The normalized spacial score (nSPS) is 16.5. The molecule has 0 atom stereocenters. The van der Waals surface area contributed by atoms with Crippen molar-refractivity contribution in [3.8, 4) is 5.75 Å². The van der Waals surface area contributed by atoms with E-state index in [4.69, 9.17) is 4.74 Å². The molecule has 0 saturated carbocycles. The zero-order valence-corrected chi connectivity index (χ0v) is 25.8. The lowest BCUT2D eigenvalue weighted by Crippen LogP contribution is -2.43. The SMILES string of the molecule is CN(CCC=C1c2ccccc2COc2ccc(C(C)(C)C(=O)O)cc21)CC1CCN(c2cc(=O)n(C)c(=O)n2C)CC1. The van der Waals surface area contributed by atoms with E-state index in [2.05, 4.69) is 35.1 Å². The minimum absolute atomic E-state index is 0.277. The van der Waals surface area contributed by atoms with Crippen LogP contribution in [-0.4, -0.2) is 58.3 Å². The van der Waals surface area contributed by atoms with Crippen molar-refractivity contribution >= 4 is 17.4 Å². The second-order valence-corrected chi connectivity index (χ2v) is 12.4. The number of benzene rings is 2. The first kappa shape index (κ1) is 30.4. The van der Waals surface area contributed by atoms with Gasteiger partial charge < -0.3 is 19.6 Å². The number of carboxylic acids is 1. The summed E-state index contributed by atoms with van der Waals surface area (Å²) in [6.07, 6.45) is 5.09. The highest BCUT2D eigenvalue weighted by atomic mass is 16.5. The highest BCUT2D eigenvalue weighted by Crippen LogP contribution is 2.39. The Hall–Kier alpha value is -4.11. The predicted octanol–water partition coefficient (Wildman–Crippen LogP) is 4.01. The van der Waals surface area contributed by atoms with E-state index in [9.17, 15) is 19.5 Å². The lowest BCUT2D eigenvalue weighted by molar-refractivity contribution is -0.142. The van der Waals surface area contributed by atoms with Gasteiger partial charge in [0.05, 0.1) is 5.41 Å². The largest absolute Gasteiger partial charge is 0.488 e. The Morgan fingerprint density at radius 1 is 1.05 bits per heavy atom. The summed E-state index contributed by atoms with van der Waals surface area (Å²) in [6.45, 7) is 7.40. The molecule has 5 rings (SSSR count). The predicted molar refractivity (Wildman–Crippen MR) is 169 cm³/mol. The third-order valence-corrected chi connectivity index (χ3v) is 9.09. The quantitative estimate of drug-likeness (QED) is 0.426. The number of ether oxygens (including phenoxy) is 1. The molecule has 0 aliphatic carbocycles. The monoisotopic (exact) mass is 586 g/mol. The third-order valence-electron chi connectivity index (χ3n) is 9.09. The second kappa shape index (κ2) is 12.2. The first-order valence-corrected chi connectivity index (χ1v) is 15.0. The van der Waals surface area contributed by atoms with E-state index in [1.165, 1.54) is 7.05 Å². The summed E-state index contributed by atoms with van der Waals surface area (Å²) >= 11 is 0. The Kier molecular flexibility index (Phi) is 8.64. The number of nitrogens with zero attached hydrogens (tertiary/aromatic N) is 4. The van der Waals surface area contributed by atoms with Gasteiger partial charge in [0.15, 0.2) is 0 Å². The molecule has 228 valence electrons. The van der Waals surface area contributed by atoms with E-state index in [0.717, 1.165) is 83.6 Å². The van der Waals surface area contributed by atoms with Crippen molar-refractivity contribution < 1.29 is 14.6 Å². The van der Waals surface area contributed by atoms with Gasteiger partial charge in [0, 0.05) is 51.9 Å².